The molecule has 0 aromatic carbocycles. The van der Waals surface area contributed by atoms with Gasteiger partial charge >= 0.3 is 0 Å². The van der Waals surface area contributed by atoms with E-state index in [0.717, 1.165) is 57.8 Å². The number of aliphatic hydroxyl groups is 7. The first-order chi connectivity index (χ1) is 36.7. The average Bonchev–Trinajstić information content (AvgIpc) is 3.41. The minimum Gasteiger partial charge on any atom is -0.394 e. The first kappa shape index (κ1) is 71.3. The number of carbonyl (C=O) groups excluding carboxylic acids is 1. The summed E-state index contributed by atoms with van der Waals surface area (Å²) in [4.78, 5) is 13.2. The Kier molecular flexibility index (Phi) is 50.4. The summed E-state index contributed by atoms with van der Waals surface area (Å²) in [7, 11) is 0. The number of rotatable bonds is 55. The Morgan fingerprint density at radius 3 is 1.19 bits per heavy atom. The zero-order valence-corrected chi connectivity index (χ0v) is 48.5. The van der Waals surface area contributed by atoms with E-state index in [-0.39, 0.29) is 12.8 Å². The van der Waals surface area contributed by atoms with Crippen molar-refractivity contribution >= 4 is 5.91 Å². The third-order valence-electron chi connectivity index (χ3n) is 15.4. The number of nitrogens with one attached hydrogen (secondary N) is 1. The Hall–Kier alpha value is -1.67. The van der Waals surface area contributed by atoms with Crippen LogP contribution in [0.2, 0.25) is 0 Å². The van der Waals surface area contributed by atoms with E-state index in [1.807, 2.05) is 0 Å². The quantitative estimate of drug-likeness (QED) is 0.0215. The third-order valence-corrected chi connectivity index (χ3v) is 15.4. The van der Waals surface area contributed by atoms with Crippen molar-refractivity contribution < 1.29 is 50.0 Å². The van der Waals surface area contributed by atoms with E-state index >= 15 is 0 Å². The third kappa shape index (κ3) is 41.1. The molecule has 442 valence electrons. The minimum absolute atomic E-state index is 0.244. The van der Waals surface area contributed by atoms with Crippen molar-refractivity contribution in [2.24, 2.45) is 0 Å². The summed E-state index contributed by atoms with van der Waals surface area (Å²) in [5.74, 6) is -0.712. The number of carbonyl (C=O) groups is 1. The van der Waals surface area contributed by atoms with Crippen molar-refractivity contribution in [2.45, 2.75) is 351 Å². The van der Waals surface area contributed by atoms with Gasteiger partial charge < -0.3 is 50.5 Å². The van der Waals surface area contributed by atoms with Gasteiger partial charge in [0.05, 0.1) is 25.4 Å². The SMILES string of the molecule is CCCCCCCCCCCCC/C=C\CCCCCCCCC(O)C(=O)NC(COC1OC(CO)C(O)C(O)C1O)C(O)C(O)CCC/C=C/CC/C=C/CCCCCCCCCCCCCCCCCCCC. The fourth-order valence-corrected chi connectivity index (χ4v) is 10.2. The number of hydrogen-bond acceptors (Lipinski definition) is 10. The smallest absolute Gasteiger partial charge is 0.249 e. The standard InChI is InChI=1S/C64H121NO10/c1-3-5-7-9-11-13-15-17-19-21-23-25-26-27-28-29-30-32-33-35-37-39-41-43-45-47-49-51-56(67)59(69)55(54-74-64-62(72)61(71)60(70)58(53-66)75-64)65-63(73)57(68)52-50-48-46-44-42-40-38-36-34-31-24-22-20-18-16-14-12-10-8-6-4-2/h34-37,43,45,55-62,64,66-72H,3-33,38-42,44,46-54H2,1-2H3,(H,65,73)/b36-34-,37-35+,45-43+. The van der Waals surface area contributed by atoms with E-state index in [0.29, 0.717) is 19.3 Å². The lowest BCUT2D eigenvalue weighted by Gasteiger charge is -2.40. The normalized spacial score (nSPS) is 19.9. The van der Waals surface area contributed by atoms with Crippen LogP contribution in [0.3, 0.4) is 0 Å². The molecule has 75 heavy (non-hydrogen) atoms. The van der Waals surface area contributed by atoms with Crippen LogP contribution in [0.15, 0.2) is 36.5 Å². The van der Waals surface area contributed by atoms with E-state index in [4.69, 9.17) is 9.47 Å². The van der Waals surface area contributed by atoms with Crippen molar-refractivity contribution in [3.8, 4) is 0 Å². The lowest BCUT2D eigenvalue weighted by molar-refractivity contribution is -0.303. The maximum absolute atomic E-state index is 13.2. The van der Waals surface area contributed by atoms with Crippen LogP contribution in [0.4, 0.5) is 0 Å². The second-order valence-electron chi connectivity index (χ2n) is 22.5. The number of ether oxygens (including phenoxy) is 2. The molecule has 0 bridgehead atoms. The zero-order chi connectivity index (χ0) is 54.7. The van der Waals surface area contributed by atoms with E-state index in [9.17, 15) is 40.5 Å². The van der Waals surface area contributed by atoms with E-state index in [1.165, 1.54) is 193 Å². The highest BCUT2D eigenvalue weighted by Crippen LogP contribution is 2.23. The molecule has 0 aliphatic carbocycles. The molecule has 1 aliphatic heterocycles. The van der Waals surface area contributed by atoms with Crippen molar-refractivity contribution in [1.29, 1.82) is 0 Å². The van der Waals surface area contributed by atoms with Gasteiger partial charge in [-0.2, -0.15) is 0 Å². The number of amides is 1. The summed E-state index contributed by atoms with van der Waals surface area (Å²) >= 11 is 0. The van der Waals surface area contributed by atoms with Crippen molar-refractivity contribution in [3.63, 3.8) is 0 Å². The first-order valence-electron chi connectivity index (χ1n) is 31.9. The second-order valence-corrected chi connectivity index (χ2v) is 22.5. The number of unbranched alkanes of at least 4 members (excludes halogenated alkanes) is 37. The molecule has 0 saturated carbocycles. The van der Waals surface area contributed by atoms with Crippen LogP contribution in [0.5, 0.6) is 0 Å². The fraction of sp³-hybridized carbons (Fsp3) is 0.891. The van der Waals surface area contributed by atoms with Gasteiger partial charge in [-0.05, 0) is 77.0 Å². The molecular weight excluding hydrogens is 943 g/mol. The van der Waals surface area contributed by atoms with E-state index < -0.39 is 74.2 Å². The molecule has 1 heterocycles. The van der Waals surface area contributed by atoms with Crippen LogP contribution in [0.1, 0.15) is 296 Å². The molecule has 1 aliphatic rings. The molecule has 0 aromatic rings. The molecule has 0 radical (unpaired) electrons. The highest BCUT2D eigenvalue weighted by molar-refractivity contribution is 5.80. The van der Waals surface area contributed by atoms with Gasteiger partial charge in [0.1, 0.15) is 36.6 Å². The minimum atomic E-state index is -1.67. The van der Waals surface area contributed by atoms with E-state index in [2.05, 4.69) is 55.6 Å². The van der Waals surface area contributed by atoms with Crippen molar-refractivity contribution in [1.82, 2.24) is 5.32 Å². The number of hydrogen-bond donors (Lipinski definition) is 8. The molecule has 1 rings (SSSR count). The largest absolute Gasteiger partial charge is 0.394 e. The predicted octanol–water partition coefficient (Wildman–Crippen LogP) is 14.2. The van der Waals surface area contributed by atoms with Crippen LogP contribution in [0.25, 0.3) is 0 Å². The summed E-state index contributed by atoms with van der Waals surface area (Å²) in [6, 6.07) is -1.19. The van der Waals surface area contributed by atoms with Gasteiger partial charge in [-0.15, -0.1) is 0 Å². The van der Waals surface area contributed by atoms with Crippen LogP contribution in [0, 0.1) is 0 Å². The van der Waals surface area contributed by atoms with Gasteiger partial charge in [-0.25, -0.2) is 0 Å². The molecular formula is C64H121NO10. The maximum Gasteiger partial charge on any atom is 0.249 e. The van der Waals surface area contributed by atoms with Gasteiger partial charge in [0.2, 0.25) is 5.91 Å². The van der Waals surface area contributed by atoms with E-state index in [1.54, 1.807) is 0 Å². The molecule has 0 aromatic heterocycles. The Bertz CT molecular complexity index is 1310. The summed E-state index contributed by atoms with van der Waals surface area (Å²) in [5, 5.41) is 76.3. The summed E-state index contributed by atoms with van der Waals surface area (Å²) in [6.07, 6.45) is 55.0. The monoisotopic (exact) mass is 1060 g/mol. The number of allylic oxidation sites excluding steroid dienone is 6. The summed E-state index contributed by atoms with van der Waals surface area (Å²) in [6.45, 7) is 3.47. The van der Waals surface area contributed by atoms with Gasteiger partial charge in [0.25, 0.3) is 0 Å². The predicted molar refractivity (Wildman–Crippen MR) is 312 cm³/mol. The van der Waals surface area contributed by atoms with Gasteiger partial charge in [-0.3, -0.25) is 4.79 Å². The van der Waals surface area contributed by atoms with Gasteiger partial charge in [0, 0.05) is 0 Å². The molecule has 0 spiro atoms. The molecule has 1 saturated heterocycles. The molecule has 8 N–H and O–H groups in total. The zero-order valence-electron chi connectivity index (χ0n) is 48.5. The lowest BCUT2D eigenvalue weighted by atomic mass is 9.98. The van der Waals surface area contributed by atoms with Gasteiger partial charge in [0.15, 0.2) is 6.29 Å². The summed E-state index contributed by atoms with van der Waals surface area (Å²) < 4.78 is 11.1. The van der Waals surface area contributed by atoms with Gasteiger partial charge in [-0.1, -0.05) is 256 Å². The van der Waals surface area contributed by atoms with Crippen molar-refractivity contribution in [2.75, 3.05) is 13.2 Å². The summed E-state index contributed by atoms with van der Waals surface area (Å²) in [5.41, 5.74) is 0. The van der Waals surface area contributed by atoms with Crippen LogP contribution < -0.4 is 5.32 Å². The van der Waals surface area contributed by atoms with Crippen LogP contribution in [-0.2, 0) is 14.3 Å². The maximum atomic E-state index is 13.2. The lowest BCUT2D eigenvalue weighted by Crippen LogP contribution is -2.60. The Morgan fingerprint density at radius 1 is 0.453 bits per heavy atom. The van der Waals surface area contributed by atoms with Crippen molar-refractivity contribution in [3.05, 3.63) is 36.5 Å². The molecule has 1 fully saturated rings. The molecule has 1 amide bonds. The molecule has 9 unspecified atom stereocenters. The highest BCUT2D eigenvalue weighted by atomic mass is 16.7. The second kappa shape index (κ2) is 53.0. The Labute approximate surface area is 460 Å². The Morgan fingerprint density at radius 2 is 0.800 bits per heavy atom. The average molecular weight is 1060 g/mol. The highest BCUT2D eigenvalue weighted by Gasteiger charge is 2.44. The van der Waals surface area contributed by atoms with Crippen LogP contribution >= 0.6 is 0 Å². The molecule has 11 nitrogen and oxygen atoms in total. The number of aliphatic hydroxyl groups excluding tert-OH is 7. The molecule has 9 atom stereocenters. The first-order valence-corrected chi connectivity index (χ1v) is 31.9. The molecule has 11 heteroatoms. The Balaban J connectivity index is 2.30. The van der Waals surface area contributed by atoms with Crippen LogP contribution in [-0.4, -0.2) is 110 Å². The fourth-order valence-electron chi connectivity index (χ4n) is 10.2. The topological polar surface area (TPSA) is 189 Å².